The van der Waals surface area contributed by atoms with Gasteiger partial charge < -0.3 is 10.2 Å². The molecule has 1 aromatic carbocycles. The molecular weight excluding hydrogens is 262 g/mol. The van der Waals surface area contributed by atoms with E-state index in [2.05, 4.69) is 25.2 Å². The molecule has 1 fully saturated rings. The van der Waals surface area contributed by atoms with E-state index in [-0.39, 0.29) is 5.91 Å². The number of rotatable bonds is 5. The maximum Gasteiger partial charge on any atom is 0.253 e. The zero-order valence-corrected chi connectivity index (χ0v) is 12.8. The number of amides is 1. The van der Waals surface area contributed by atoms with Gasteiger partial charge in [0.05, 0.1) is 11.6 Å². The molecule has 21 heavy (non-hydrogen) atoms. The van der Waals surface area contributed by atoms with Gasteiger partial charge in [0.25, 0.3) is 5.91 Å². The SMILES string of the molecule is CC(C)CN(CC1CCCN1)C(=O)c1ccc(C#N)cc1. The molecular formula is C17H23N3O. The lowest BCUT2D eigenvalue weighted by Gasteiger charge is -2.27. The van der Waals surface area contributed by atoms with E-state index < -0.39 is 0 Å². The van der Waals surface area contributed by atoms with Crippen LogP contribution in [0.4, 0.5) is 0 Å². The molecule has 0 aliphatic carbocycles. The smallest absolute Gasteiger partial charge is 0.253 e. The second kappa shape index (κ2) is 7.24. The largest absolute Gasteiger partial charge is 0.337 e. The van der Waals surface area contributed by atoms with E-state index in [0.717, 1.165) is 26.1 Å². The van der Waals surface area contributed by atoms with Crippen LogP contribution in [0.15, 0.2) is 24.3 Å². The molecule has 1 amide bonds. The molecule has 4 nitrogen and oxygen atoms in total. The Bertz CT molecular complexity index is 510. The Morgan fingerprint density at radius 2 is 2.14 bits per heavy atom. The Labute approximate surface area is 126 Å². The first-order chi connectivity index (χ1) is 10.1. The first kappa shape index (κ1) is 15.5. The number of nitrogens with one attached hydrogen (secondary N) is 1. The van der Waals surface area contributed by atoms with Crippen LogP contribution in [0, 0.1) is 17.2 Å². The summed E-state index contributed by atoms with van der Waals surface area (Å²) in [7, 11) is 0. The maximum atomic E-state index is 12.7. The summed E-state index contributed by atoms with van der Waals surface area (Å²) in [6.07, 6.45) is 2.32. The van der Waals surface area contributed by atoms with Crippen molar-refractivity contribution in [3.63, 3.8) is 0 Å². The maximum absolute atomic E-state index is 12.7. The van der Waals surface area contributed by atoms with Crippen LogP contribution in [0.5, 0.6) is 0 Å². The number of hydrogen-bond acceptors (Lipinski definition) is 3. The molecule has 1 aliphatic heterocycles. The molecule has 1 atom stereocenters. The topological polar surface area (TPSA) is 56.1 Å². The summed E-state index contributed by atoms with van der Waals surface area (Å²) in [5.41, 5.74) is 1.24. The second-order valence-corrected chi connectivity index (χ2v) is 6.09. The van der Waals surface area contributed by atoms with Gasteiger partial charge in [0.2, 0.25) is 0 Å². The molecule has 1 unspecified atom stereocenters. The summed E-state index contributed by atoms with van der Waals surface area (Å²) in [5, 5.41) is 12.3. The van der Waals surface area contributed by atoms with Crippen molar-refractivity contribution in [1.29, 1.82) is 5.26 Å². The highest BCUT2D eigenvalue weighted by molar-refractivity contribution is 5.94. The third kappa shape index (κ3) is 4.30. The second-order valence-electron chi connectivity index (χ2n) is 6.09. The average molecular weight is 285 g/mol. The Kier molecular flexibility index (Phi) is 5.35. The van der Waals surface area contributed by atoms with Crippen molar-refractivity contribution in [1.82, 2.24) is 10.2 Å². The van der Waals surface area contributed by atoms with Crippen molar-refractivity contribution in [2.75, 3.05) is 19.6 Å². The quantitative estimate of drug-likeness (QED) is 0.904. The zero-order valence-electron chi connectivity index (χ0n) is 12.8. The average Bonchev–Trinajstić information content (AvgIpc) is 2.98. The molecule has 0 aromatic heterocycles. The molecule has 2 rings (SSSR count). The Morgan fingerprint density at radius 3 is 2.67 bits per heavy atom. The van der Waals surface area contributed by atoms with Crippen LogP contribution < -0.4 is 5.32 Å². The summed E-state index contributed by atoms with van der Waals surface area (Å²) in [4.78, 5) is 14.6. The number of nitriles is 1. The molecule has 1 saturated heterocycles. The summed E-state index contributed by atoms with van der Waals surface area (Å²) in [6, 6.07) is 9.39. The molecule has 1 aliphatic rings. The predicted molar refractivity (Wildman–Crippen MR) is 82.9 cm³/mol. The van der Waals surface area contributed by atoms with Crippen molar-refractivity contribution in [3.05, 3.63) is 35.4 Å². The summed E-state index contributed by atoms with van der Waals surface area (Å²) < 4.78 is 0. The molecule has 1 N–H and O–H groups in total. The lowest BCUT2D eigenvalue weighted by Crippen LogP contribution is -2.42. The van der Waals surface area contributed by atoms with Crippen LogP contribution in [0.25, 0.3) is 0 Å². The highest BCUT2D eigenvalue weighted by atomic mass is 16.2. The van der Waals surface area contributed by atoms with E-state index in [1.54, 1.807) is 24.3 Å². The van der Waals surface area contributed by atoms with Gasteiger partial charge in [-0.15, -0.1) is 0 Å². The third-order valence-corrected chi connectivity index (χ3v) is 3.74. The fourth-order valence-electron chi connectivity index (χ4n) is 2.73. The monoisotopic (exact) mass is 285 g/mol. The molecule has 1 aromatic rings. The standard InChI is InChI=1S/C17H23N3O/c1-13(2)11-20(12-16-4-3-9-19-16)17(21)15-7-5-14(10-18)6-8-15/h5-8,13,16,19H,3-4,9,11-12H2,1-2H3. The molecule has 4 heteroatoms. The van der Waals surface area contributed by atoms with Crippen molar-refractivity contribution in [3.8, 4) is 6.07 Å². The van der Waals surface area contributed by atoms with Crippen LogP contribution in [-0.4, -0.2) is 36.5 Å². The van der Waals surface area contributed by atoms with Gasteiger partial charge in [0.1, 0.15) is 0 Å². The van der Waals surface area contributed by atoms with Crippen LogP contribution >= 0.6 is 0 Å². The summed E-state index contributed by atoms with van der Waals surface area (Å²) >= 11 is 0. The summed E-state index contributed by atoms with van der Waals surface area (Å²) in [5.74, 6) is 0.496. The van der Waals surface area contributed by atoms with Crippen LogP contribution in [0.3, 0.4) is 0 Å². The van der Waals surface area contributed by atoms with E-state index in [4.69, 9.17) is 5.26 Å². The first-order valence-corrected chi connectivity index (χ1v) is 7.63. The van der Waals surface area contributed by atoms with Gasteiger partial charge in [-0.05, 0) is 49.6 Å². The molecule has 112 valence electrons. The summed E-state index contributed by atoms with van der Waals surface area (Å²) in [6.45, 7) is 6.82. The van der Waals surface area contributed by atoms with Gasteiger partial charge in [0.15, 0.2) is 0 Å². The van der Waals surface area contributed by atoms with Crippen molar-refractivity contribution in [2.45, 2.75) is 32.7 Å². The minimum atomic E-state index is 0.0573. The van der Waals surface area contributed by atoms with E-state index in [1.165, 1.54) is 6.42 Å². The Hall–Kier alpha value is -1.86. The molecule has 0 bridgehead atoms. The number of hydrogen-bond donors (Lipinski definition) is 1. The predicted octanol–water partition coefficient (Wildman–Crippen LogP) is 2.41. The minimum absolute atomic E-state index is 0.0573. The van der Waals surface area contributed by atoms with Gasteiger partial charge in [-0.2, -0.15) is 5.26 Å². The number of benzene rings is 1. The van der Waals surface area contributed by atoms with Crippen LogP contribution in [-0.2, 0) is 0 Å². The minimum Gasteiger partial charge on any atom is -0.337 e. The van der Waals surface area contributed by atoms with Gasteiger partial charge >= 0.3 is 0 Å². The van der Waals surface area contributed by atoms with E-state index >= 15 is 0 Å². The fraction of sp³-hybridized carbons (Fsp3) is 0.529. The lowest BCUT2D eigenvalue weighted by molar-refractivity contribution is 0.0721. The lowest BCUT2D eigenvalue weighted by atomic mass is 10.1. The van der Waals surface area contributed by atoms with Gasteiger partial charge in [-0.1, -0.05) is 13.8 Å². The number of nitrogens with zero attached hydrogens (tertiary/aromatic N) is 2. The Morgan fingerprint density at radius 1 is 1.43 bits per heavy atom. The number of carbonyl (C=O) groups excluding carboxylic acids is 1. The third-order valence-electron chi connectivity index (χ3n) is 3.74. The van der Waals surface area contributed by atoms with Gasteiger partial charge in [-0.25, -0.2) is 0 Å². The number of carbonyl (C=O) groups is 1. The van der Waals surface area contributed by atoms with Crippen LogP contribution in [0.1, 0.15) is 42.6 Å². The van der Waals surface area contributed by atoms with E-state index in [9.17, 15) is 4.79 Å². The normalized spacial score (nSPS) is 17.7. The molecule has 0 spiro atoms. The highest BCUT2D eigenvalue weighted by Gasteiger charge is 2.23. The van der Waals surface area contributed by atoms with Gasteiger partial charge in [0, 0.05) is 24.7 Å². The molecule has 0 radical (unpaired) electrons. The van der Waals surface area contributed by atoms with Crippen molar-refractivity contribution in [2.24, 2.45) is 5.92 Å². The first-order valence-electron chi connectivity index (χ1n) is 7.63. The Balaban J connectivity index is 2.09. The molecule has 1 heterocycles. The molecule has 0 saturated carbocycles. The van der Waals surface area contributed by atoms with E-state index in [1.807, 2.05) is 4.90 Å². The van der Waals surface area contributed by atoms with E-state index in [0.29, 0.717) is 23.1 Å². The van der Waals surface area contributed by atoms with Gasteiger partial charge in [-0.3, -0.25) is 4.79 Å². The van der Waals surface area contributed by atoms with Crippen LogP contribution in [0.2, 0.25) is 0 Å². The highest BCUT2D eigenvalue weighted by Crippen LogP contribution is 2.13. The zero-order chi connectivity index (χ0) is 15.2. The van der Waals surface area contributed by atoms with Crippen molar-refractivity contribution < 1.29 is 4.79 Å². The van der Waals surface area contributed by atoms with Crippen molar-refractivity contribution >= 4 is 5.91 Å². The fourth-order valence-corrected chi connectivity index (χ4v) is 2.73.